The summed E-state index contributed by atoms with van der Waals surface area (Å²) >= 11 is 0. The summed E-state index contributed by atoms with van der Waals surface area (Å²) in [4.78, 5) is 14.1. The lowest BCUT2D eigenvalue weighted by atomic mass is 9.68. The van der Waals surface area contributed by atoms with E-state index in [4.69, 9.17) is 4.74 Å². The maximum atomic E-state index is 14.1. The second-order valence-electron chi connectivity index (χ2n) is 9.18. The summed E-state index contributed by atoms with van der Waals surface area (Å²) in [6.45, 7) is 0.638. The minimum atomic E-state index is -0.785. The van der Waals surface area contributed by atoms with Gasteiger partial charge in [0.05, 0.1) is 0 Å². The van der Waals surface area contributed by atoms with Gasteiger partial charge in [-0.2, -0.15) is 0 Å². The lowest BCUT2D eigenvalue weighted by Gasteiger charge is -2.39. The maximum Gasteiger partial charge on any atom is 0.235 e. The number of hydrogen-bond donors (Lipinski definition) is 1. The molecule has 4 aromatic rings. The van der Waals surface area contributed by atoms with Crippen LogP contribution in [0.5, 0.6) is 11.5 Å². The van der Waals surface area contributed by atoms with E-state index in [0.29, 0.717) is 13.0 Å². The van der Waals surface area contributed by atoms with Crippen LogP contribution in [0.15, 0.2) is 109 Å². The normalized spacial score (nSPS) is 13.3. The quantitative estimate of drug-likeness (QED) is 0.277. The Morgan fingerprint density at radius 3 is 1.69 bits per heavy atom. The Morgan fingerprint density at radius 2 is 1.11 bits per heavy atom. The fourth-order valence-corrected chi connectivity index (χ4v) is 5.20. The summed E-state index contributed by atoms with van der Waals surface area (Å²) in [7, 11) is 0. The minimum Gasteiger partial charge on any atom is -0.457 e. The van der Waals surface area contributed by atoms with Gasteiger partial charge >= 0.3 is 0 Å². The molecule has 5 rings (SSSR count). The van der Waals surface area contributed by atoms with Crippen LogP contribution in [0.25, 0.3) is 0 Å². The van der Waals surface area contributed by atoms with E-state index in [2.05, 4.69) is 66.0 Å². The van der Waals surface area contributed by atoms with Gasteiger partial charge in [0.15, 0.2) is 0 Å². The predicted molar refractivity (Wildman–Crippen MR) is 141 cm³/mol. The van der Waals surface area contributed by atoms with Gasteiger partial charge in [-0.1, -0.05) is 97.1 Å². The van der Waals surface area contributed by atoms with E-state index in [1.54, 1.807) is 0 Å². The molecule has 0 aliphatic carbocycles. The second kappa shape index (κ2) is 10.6. The van der Waals surface area contributed by atoms with Crippen molar-refractivity contribution in [3.8, 4) is 11.5 Å². The molecule has 3 heteroatoms. The first-order valence-corrected chi connectivity index (χ1v) is 12.5. The van der Waals surface area contributed by atoms with E-state index in [9.17, 15) is 4.79 Å². The third-order valence-electron chi connectivity index (χ3n) is 6.93. The van der Waals surface area contributed by atoms with Gasteiger partial charge in [0.1, 0.15) is 16.9 Å². The van der Waals surface area contributed by atoms with Crippen LogP contribution < -0.4 is 10.1 Å². The van der Waals surface area contributed by atoms with Gasteiger partial charge in [-0.25, -0.2) is 0 Å². The third-order valence-corrected chi connectivity index (χ3v) is 6.93. The molecule has 4 aromatic carbocycles. The van der Waals surface area contributed by atoms with Crippen LogP contribution in [0.3, 0.4) is 0 Å². The van der Waals surface area contributed by atoms with E-state index in [-0.39, 0.29) is 5.91 Å². The van der Waals surface area contributed by atoms with Gasteiger partial charge in [0.25, 0.3) is 0 Å². The lowest BCUT2D eigenvalue weighted by Crippen LogP contribution is -2.47. The fraction of sp³-hybridized carbons (Fsp3) is 0.219. The number of amides is 1. The smallest absolute Gasteiger partial charge is 0.235 e. The van der Waals surface area contributed by atoms with Crippen molar-refractivity contribution < 1.29 is 9.53 Å². The van der Waals surface area contributed by atoms with Crippen LogP contribution >= 0.6 is 0 Å². The lowest BCUT2D eigenvalue weighted by molar-refractivity contribution is -0.125. The summed E-state index contributed by atoms with van der Waals surface area (Å²) in [5.74, 6) is 1.59. The Hall–Kier alpha value is -3.85. The topological polar surface area (TPSA) is 38.3 Å². The van der Waals surface area contributed by atoms with Crippen molar-refractivity contribution in [3.63, 3.8) is 0 Å². The number of rotatable bonds is 9. The van der Waals surface area contributed by atoms with Crippen molar-refractivity contribution in [1.29, 1.82) is 0 Å². The molecule has 0 saturated heterocycles. The van der Waals surface area contributed by atoms with E-state index in [1.165, 1.54) is 11.1 Å². The summed E-state index contributed by atoms with van der Waals surface area (Å²) in [6, 6.07) is 36.9. The van der Waals surface area contributed by atoms with E-state index in [1.807, 2.05) is 48.5 Å². The number of hydrogen-bond acceptors (Lipinski definition) is 2. The Morgan fingerprint density at radius 1 is 0.629 bits per heavy atom. The number of ether oxygens (including phenoxy) is 1. The molecule has 0 spiro atoms. The largest absolute Gasteiger partial charge is 0.457 e. The molecular formula is C32H31NO2. The zero-order chi connectivity index (χ0) is 23.9. The number of benzene rings is 4. The number of fused-ring (bicyclic) bond motifs is 2. The second-order valence-corrected chi connectivity index (χ2v) is 9.18. The Labute approximate surface area is 207 Å². The molecule has 0 bridgehead atoms. The van der Waals surface area contributed by atoms with Gasteiger partial charge in [-0.05, 0) is 55.4 Å². The Balaban J connectivity index is 1.42. The molecule has 3 nitrogen and oxygen atoms in total. The minimum absolute atomic E-state index is 0.0572. The van der Waals surface area contributed by atoms with Crippen LogP contribution in [0.2, 0.25) is 0 Å². The number of carbonyl (C=O) groups is 1. The highest BCUT2D eigenvalue weighted by Crippen LogP contribution is 2.50. The van der Waals surface area contributed by atoms with Crippen LogP contribution in [-0.4, -0.2) is 12.5 Å². The van der Waals surface area contributed by atoms with E-state index >= 15 is 0 Å². The fourth-order valence-electron chi connectivity index (χ4n) is 5.20. The first-order valence-electron chi connectivity index (χ1n) is 12.5. The molecule has 1 aliphatic rings. The van der Waals surface area contributed by atoms with Crippen LogP contribution in [0, 0.1) is 0 Å². The van der Waals surface area contributed by atoms with Crippen LogP contribution in [0.1, 0.15) is 41.5 Å². The number of para-hydroxylation sites is 2. The Bertz CT molecular complexity index is 1220. The zero-order valence-corrected chi connectivity index (χ0v) is 20.0. The predicted octanol–water partition coefficient (Wildman–Crippen LogP) is 6.85. The molecule has 0 radical (unpaired) electrons. The number of carbonyl (C=O) groups excluding carboxylic acids is 1. The van der Waals surface area contributed by atoms with Crippen LogP contribution in [0.4, 0.5) is 0 Å². The van der Waals surface area contributed by atoms with Gasteiger partial charge in [-0.3, -0.25) is 4.79 Å². The van der Waals surface area contributed by atoms with Gasteiger partial charge in [0, 0.05) is 17.7 Å². The van der Waals surface area contributed by atoms with Crippen molar-refractivity contribution in [3.05, 3.63) is 131 Å². The highest BCUT2D eigenvalue weighted by molar-refractivity contribution is 5.94. The molecule has 0 unspecified atom stereocenters. The molecule has 0 aromatic heterocycles. The molecule has 1 N–H and O–H groups in total. The van der Waals surface area contributed by atoms with Crippen molar-refractivity contribution in [1.82, 2.24) is 5.32 Å². The molecule has 0 fully saturated rings. The molecule has 1 heterocycles. The summed E-state index contributed by atoms with van der Waals surface area (Å²) in [6.07, 6.45) is 4.37. The van der Waals surface area contributed by atoms with Gasteiger partial charge < -0.3 is 10.1 Å². The molecule has 1 amide bonds. The number of aryl methyl sites for hydroxylation is 2. The first-order chi connectivity index (χ1) is 17.3. The molecular weight excluding hydrogens is 430 g/mol. The van der Waals surface area contributed by atoms with Crippen molar-refractivity contribution in [2.24, 2.45) is 0 Å². The van der Waals surface area contributed by atoms with E-state index < -0.39 is 5.41 Å². The average Bonchev–Trinajstić information content (AvgIpc) is 2.91. The average molecular weight is 462 g/mol. The van der Waals surface area contributed by atoms with Crippen molar-refractivity contribution in [2.45, 2.75) is 37.5 Å². The standard InChI is InChI=1S/C32H31NO2/c34-31(33-24-12-18-26-15-5-2-6-16-26)32(23-11-17-25-13-3-1-4-14-25)27-19-7-9-21-29(27)35-30-22-10-8-20-28(30)32/h1-10,13-16,19-22H,11-12,17-18,23-24H2,(H,33,34). The SMILES string of the molecule is O=C(NCCCc1ccccc1)C1(CCCc2ccccc2)c2ccccc2Oc2ccccc21. The van der Waals surface area contributed by atoms with Gasteiger partial charge in [0.2, 0.25) is 5.91 Å². The zero-order valence-electron chi connectivity index (χ0n) is 20.0. The van der Waals surface area contributed by atoms with E-state index in [0.717, 1.165) is 48.3 Å². The summed E-state index contributed by atoms with van der Waals surface area (Å²) < 4.78 is 6.25. The highest BCUT2D eigenvalue weighted by atomic mass is 16.5. The third kappa shape index (κ3) is 4.85. The molecule has 35 heavy (non-hydrogen) atoms. The molecule has 0 atom stereocenters. The highest BCUT2D eigenvalue weighted by Gasteiger charge is 2.47. The molecule has 1 aliphatic heterocycles. The summed E-state index contributed by atoms with van der Waals surface area (Å²) in [5, 5.41) is 3.30. The monoisotopic (exact) mass is 461 g/mol. The van der Waals surface area contributed by atoms with Crippen LogP contribution in [-0.2, 0) is 23.1 Å². The van der Waals surface area contributed by atoms with Crippen molar-refractivity contribution >= 4 is 5.91 Å². The summed E-state index contributed by atoms with van der Waals surface area (Å²) in [5.41, 5.74) is 3.70. The Kier molecular flexibility index (Phi) is 6.94. The van der Waals surface area contributed by atoms with Crippen molar-refractivity contribution in [2.75, 3.05) is 6.54 Å². The maximum absolute atomic E-state index is 14.1. The molecule has 0 saturated carbocycles. The molecule has 176 valence electrons. The number of nitrogens with one attached hydrogen (secondary N) is 1. The van der Waals surface area contributed by atoms with Gasteiger partial charge in [-0.15, -0.1) is 0 Å². The first kappa shape index (κ1) is 22.9.